The Kier molecular flexibility index (Phi) is 12.2. The minimum absolute atomic E-state index is 0.207. The van der Waals surface area contributed by atoms with Gasteiger partial charge in [-0.2, -0.15) is 0 Å². The van der Waals surface area contributed by atoms with Crippen molar-refractivity contribution in [2.45, 2.75) is 44.2 Å². The van der Waals surface area contributed by atoms with Crippen LogP contribution in [0.3, 0.4) is 0 Å². The van der Waals surface area contributed by atoms with Crippen LogP contribution in [0, 0.1) is 0 Å². The van der Waals surface area contributed by atoms with E-state index in [1.165, 1.54) is 70.7 Å². The zero-order valence-electron chi connectivity index (χ0n) is 27.3. The van der Waals surface area contributed by atoms with E-state index in [9.17, 15) is 0 Å². The van der Waals surface area contributed by atoms with Gasteiger partial charge in [-0.15, -0.1) is 5.98 Å². The zero-order chi connectivity index (χ0) is 31.9. The van der Waals surface area contributed by atoms with E-state index in [1.54, 1.807) is 0 Å². The van der Waals surface area contributed by atoms with Gasteiger partial charge in [0.2, 0.25) is 0 Å². The first-order chi connectivity index (χ1) is 22.7. The number of benzene rings is 5. The van der Waals surface area contributed by atoms with Crippen LogP contribution in [-0.4, -0.2) is 26.9 Å². The van der Waals surface area contributed by atoms with E-state index in [2.05, 4.69) is 170 Å². The minimum Gasteiger partial charge on any atom is -0.326 e. The third kappa shape index (κ3) is 8.32. The van der Waals surface area contributed by atoms with E-state index in [1.807, 2.05) is 24.7 Å². The fraction of sp³-hybridized carbons (Fsp3) is 0.167. The largest absolute Gasteiger partial charge is 0.326 e. The molecule has 0 bridgehead atoms. The molecule has 0 aliphatic heterocycles. The molecule has 6 rings (SSSR count). The fourth-order valence-corrected chi connectivity index (χ4v) is 8.59. The maximum absolute atomic E-state index is 4.43. The summed E-state index contributed by atoms with van der Waals surface area (Å²) in [6.07, 6.45) is 12.4. The van der Waals surface area contributed by atoms with E-state index in [4.69, 9.17) is 0 Å². The predicted molar refractivity (Wildman–Crippen MR) is 202 cm³/mol. The van der Waals surface area contributed by atoms with Crippen LogP contribution >= 0.6 is 0 Å². The molecule has 0 aliphatic carbocycles. The molecule has 0 saturated heterocycles. The summed E-state index contributed by atoms with van der Waals surface area (Å²) in [4.78, 5) is 4.43. The number of nitrogens with zero attached hydrogens (tertiary/aromatic N) is 2. The molecule has 1 heterocycles. The predicted octanol–water partition coefficient (Wildman–Crippen LogP) is 7.96. The van der Waals surface area contributed by atoms with E-state index in [-0.39, 0.29) is 5.16 Å². The molecule has 2 nitrogen and oxygen atoms in total. The summed E-state index contributed by atoms with van der Waals surface area (Å²) >= 11 is 0. The smallest absolute Gasteiger partial charge is 0.130 e. The second-order valence-corrected chi connectivity index (χ2v) is 14.0. The molecule has 46 heavy (non-hydrogen) atoms. The molecule has 0 spiro atoms. The highest BCUT2D eigenvalue weighted by atomic mass is 28.2. The third-order valence-electron chi connectivity index (χ3n) is 8.71. The minimum atomic E-state index is -0.790. The number of hydrogen-bond donors (Lipinski definition) is 0. The van der Waals surface area contributed by atoms with Crippen LogP contribution in [0.15, 0.2) is 170 Å². The highest BCUT2D eigenvalue weighted by molar-refractivity contribution is 6.57. The van der Waals surface area contributed by atoms with Gasteiger partial charge in [0.15, 0.2) is 0 Å². The average Bonchev–Trinajstić information content (AvgIpc) is 3.68. The van der Waals surface area contributed by atoms with E-state index >= 15 is 0 Å². The molecular formula is C42H45BN2Si. The third-order valence-corrected chi connectivity index (χ3v) is 11.3. The summed E-state index contributed by atoms with van der Waals surface area (Å²) < 4.78 is 2.32. The summed E-state index contributed by atoms with van der Waals surface area (Å²) in [6.45, 7) is 2.27. The normalized spacial score (nSPS) is 11.2. The Labute approximate surface area is 279 Å². The van der Waals surface area contributed by atoms with Gasteiger partial charge in [-0.3, -0.25) is 0 Å². The Morgan fingerprint density at radius 1 is 0.674 bits per heavy atom. The monoisotopic (exact) mass is 616 g/mol. The van der Waals surface area contributed by atoms with Gasteiger partial charge in [-0.05, 0) is 46.2 Å². The van der Waals surface area contributed by atoms with Crippen LogP contribution in [-0.2, 0) is 11.6 Å². The molecule has 0 fully saturated rings. The van der Waals surface area contributed by atoms with Gasteiger partial charge in [0, 0.05) is 12.4 Å². The van der Waals surface area contributed by atoms with E-state index in [0.29, 0.717) is 0 Å². The van der Waals surface area contributed by atoms with Crippen molar-refractivity contribution in [3.05, 3.63) is 198 Å². The summed E-state index contributed by atoms with van der Waals surface area (Å²) in [6, 6.07) is 52.2. The summed E-state index contributed by atoms with van der Waals surface area (Å²) in [5.74, 6) is 2.16. The maximum Gasteiger partial charge on any atom is 0.130 e. The molecule has 0 atom stereocenters. The van der Waals surface area contributed by atoms with Crippen LogP contribution in [0.4, 0.5) is 0 Å². The van der Waals surface area contributed by atoms with Gasteiger partial charge in [0.1, 0.15) is 7.85 Å². The lowest BCUT2D eigenvalue weighted by Crippen LogP contribution is -2.46. The van der Waals surface area contributed by atoms with Gasteiger partial charge >= 0.3 is 0 Å². The van der Waals surface area contributed by atoms with Gasteiger partial charge in [0.25, 0.3) is 0 Å². The molecule has 0 saturated carbocycles. The number of aryl methyl sites for hydroxylation is 1. The molecule has 0 amide bonds. The highest BCUT2D eigenvalue weighted by Crippen LogP contribution is 2.33. The summed E-state index contributed by atoms with van der Waals surface area (Å²) in [5.41, 5.74) is 7.94. The Bertz CT molecular complexity index is 1640. The SMILES string of the molecule is BC=C(c1ccccc1)c1ccccc1.CCCCCCc1ccc([SiH2]C(c2ccccc2)(c2ccccc2)n2ccnc2)cc1. The van der Waals surface area contributed by atoms with Crippen molar-refractivity contribution in [2.24, 2.45) is 0 Å². The Morgan fingerprint density at radius 3 is 1.65 bits per heavy atom. The van der Waals surface area contributed by atoms with Crippen LogP contribution in [0.1, 0.15) is 60.4 Å². The van der Waals surface area contributed by atoms with Crippen LogP contribution in [0.2, 0.25) is 0 Å². The van der Waals surface area contributed by atoms with Crippen molar-refractivity contribution < 1.29 is 0 Å². The topological polar surface area (TPSA) is 17.8 Å². The molecule has 5 aromatic carbocycles. The lowest BCUT2D eigenvalue weighted by molar-refractivity contribution is 0.596. The molecule has 0 unspecified atom stereocenters. The molecule has 4 heteroatoms. The van der Waals surface area contributed by atoms with Crippen molar-refractivity contribution in [1.82, 2.24) is 9.55 Å². The van der Waals surface area contributed by atoms with Crippen LogP contribution in [0.5, 0.6) is 0 Å². The van der Waals surface area contributed by atoms with Crippen molar-refractivity contribution in [1.29, 1.82) is 0 Å². The van der Waals surface area contributed by atoms with Crippen LogP contribution < -0.4 is 5.19 Å². The number of rotatable bonds is 12. The molecule has 6 aromatic rings. The van der Waals surface area contributed by atoms with Crippen molar-refractivity contribution in [3.8, 4) is 0 Å². The van der Waals surface area contributed by atoms with E-state index < -0.39 is 9.52 Å². The van der Waals surface area contributed by atoms with Crippen LogP contribution in [0.25, 0.3) is 5.57 Å². The van der Waals surface area contributed by atoms with Crippen molar-refractivity contribution in [2.75, 3.05) is 0 Å². The molecule has 230 valence electrons. The number of aromatic nitrogens is 2. The zero-order valence-corrected chi connectivity index (χ0v) is 28.7. The highest BCUT2D eigenvalue weighted by Gasteiger charge is 2.36. The van der Waals surface area contributed by atoms with Crippen molar-refractivity contribution in [3.63, 3.8) is 0 Å². The van der Waals surface area contributed by atoms with Gasteiger partial charge in [-0.1, -0.05) is 177 Å². The average molecular weight is 617 g/mol. The first kappa shape index (κ1) is 32.7. The standard InChI is InChI=1S/C28H32N2Si.C14H13B/c1-2-3-4-7-12-24-17-19-27(20-18-24)31-28(30-22-21-29-23-30,25-13-8-5-9-14-25)26-15-10-6-11-16-26;15-11-14(12-7-3-1-4-8-12)13-9-5-2-6-10-13/h5-6,8-11,13-23H,2-4,7,12,31H2,1H3;1-11H,15H2. The van der Waals surface area contributed by atoms with Gasteiger partial charge in [-0.25, -0.2) is 4.98 Å². The quantitative estimate of drug-likeness (QED) is 0.101. The molecule has 0 aliphatic rings. The first-order valence-corrected chi connectivity index (χ1v) is 18.1. The fourth-order valence-electron chi connectivity index (χ4n) is 6.28. The molecular weight excluding hydrogens is 571 g/mol. The maximum atomic E-state index is 4.43. The molecule has 1 aromatic heterocycles. The Morgan fingerprint density at radius 2 is 1.20 bits per heavy atom. The summed E-state index contributed by atoms with van der Waals surface area (Å²) in [7, 11) is 1.29. The Balaban J connectivity index is 0.000000232. The lowest BCUT2D eigenvalue weighted by atomic mass is 9.92. The van der Waals surface area contributed by atoms with E-state index in [0.717, 1.165) is 0 Å². The second-order valence-electron chi connectivity index (χ2n) is 11.8. The number of hydrogen-bond acceptors (Lipinski definition) is 1. The van der Waals surface area contributed by atoms with Crippen molar-refractivity contribution >= 4 is 28.1 Å². The lowest BCUT2D eigenvalue weighted by Gasteiger charge is -2.37. The number of unbranched alkanes of at least 4 members (excludes halogenated alkanes) is 3. The Hall–Kier alpha value is -4.67. The second kappa shape index (κ2) is 17.1. The molecule has 0 N–H and O–H groups in total. The first-order valence-electron chi connectivity index (χ1n) is 16.7. The van der Waals surface area contributed by atoms with Gasteiger partial charge < -0.3 is 4.57 Å². The number of imidazole rings is 1. The van der Waals surface area contributed by atoms with Gasteiger partial charge in [0.05, 0.1) is 21.0 Å². The summed E-state index contributed by atoms with van der Waals surface area (Å²) in [5, 5.41) is 1.26. The molecule has 0 radical (unpaired) electrons.